The summed E-state index contributed by atoms with van der Waals surface area (Å²) >= 11 is 7.21. The Kier molecular flexibility index (Phi) is 5.24. The number of rotatable bonds is 6. The molecule has 0 radical (unpaired) electrons. The molecule has 28 heavy (non-hydrogen) atoms. The van der Waals surface area contributed by atoms with Gasteiger partial charge in [0.05, 0.1) is 9.21 Å². The van der Waals surface area contributed by atoms with Crippen LogP contribution < -0.4 is 0 Å². The first-order valence-electron chi connectivity index (χ1n) is 9.86. The minimum atomic E-state index is -0.692. The molecule has 0 saturated carbocycles. The monoisotopic (exact) mass is 415 g/mol. The molecule has 0 amide bonds. The smallest absolute Gasteiger partial charge is 0.173 e. The molecular weight excluding hydrogens is 390 g/mol. The number of Topliss-reactive ketones (excluding diaryl/α,β-unsaturated/α-hetero) is 2. The normalized spacial score (nSPS) is 21.6. The SMILES string of the molecule is CN1CC2CC(C1)c1cc(CC(=O)C(C)(C)CC(=O)c3ccc(Cl)s3)ccc12. The summed E-state index contributed by atoms with van der Waals surface area (Å²) in [6.07, 6.45) is 1.83. The molecule has 0 N–H and O–H groups in total. The van der Waals surface area contributed by atoms with Gasteiger partial charge in [-0.1, -0.05) is 43.6 Å². The first-order chi connectivity index (χ1) is 13.2. The fourth-order valence-electron chi connectivity index (χ4n) is 4.71. The van der Waals surface area contributed by atoms with Gasteiger partial charge < -0.3 is 4.90 Å². The number of carbonyl (C=O) groups excluding carboxylic acids is 2. The molecule has 5 heteroatoms. The number of nitrogens with zero attached hydrogens (tertiary/aromatic N) is 1. The van der Waals surface area contributed by atoms with Gasteiger partial charge >= 0.3 is 0 Å². The topological polar surface area (TPSA) is 37.4 Å². The molecule has 1 aromatic heterocycles. The molecule has 2 aromatic rings. The van der Waals surface area contributed by atoms with Crippen LogP contribution in [0.3, 0.4) is 0 Å². The summed E-state index contributed by atoms with van der Waals surface area (Å²) in [5.74, 6) is 1.32. The van der Waals surface area contributed by atoms with Gasteiger partial charge in [-0.05, 0) is 54.1 Å². The van der Waals surface area contributed by atoms with Crippen molar-refractivity contribution in [3.05, 3.63) is 56.2 Å². The van der Waals surface area contributed by atoms with E-state index in [4.69, 9.17) is 11.6 Å². The molecule has 2 aliphatic rings. The number of likely N-dealkylation sites (N-methyl/N-ethyl adjacent to an activating group) is 1. The number of carbonyl (C=O) groups is 2. The van der Waals surface area contributed by atoms with Crippen LogP contribution in [0.1, 0.15) is 64.9 Å². The van der Waals surface area contributed by atoms with Crippen LogP contribution in [0.25, 0.3) is 0 Å². The Morgan fingerprint density at radius 3 is 2.54 bits per heavy atom. The average molecular weight is 416 g/mol. The zero-order valence-corrected chi connectivity index (χ0v) is 18.2. The summed E-state index contributed by atoms with van der Waals surface area (Å²) < 4.78 is 0.599. The molecule has 2 unspecified atom stereocenters. The van der Waals surface area contributed by atoms with E-state index >= 15 is 0 Å². The summed E-state index contributed by atoms with van der Waals surface area (Å²) in [7, 11) is 2.19. The summed E-state index contributed by atoms with van der Waals surface area (Å²) in [4.78, 5) is 28.6. The van der Waals surface area contributed by atoms with Crippen LogP contribution >= 0.6 is 22.9 Å². The lowest BCUT2D eigenvalue weighted by atomic mass is 9.80. The number of hydrogen-bond acceptors (Lipinski definition) is 4. The van der Waals surface area contributed by atoms with Crippen LogP contribution in [-0.2, 0) is 11.2 Å². The van der Waals surface area contributed by atoms with Crippen molar-refractivity contribution in [3.63, 3.8) is 0 Å². The number of hydrogen-bond donors (Lipinski definition) is 0. The molecule has 1 aliphatic heterocycles. The van der Waals surface area contributed by atoms with Crippen molar-refractivity contribution >= 4 is 34.5 Å². The minimum Gasteiger partial charge on any atom is -0.305 e. The zero-order valence-electron chi connectivity index (χ0n) is 16.6. The van der Waals surface area contributed by atoms with E-state index in [0.29, 0.717) is 27.5 Å². The molecule has 1 fully saturated rings. The highest BCUT2D eigenvalue weighted by Crippen LogP contribution is 2.46. The summed E-state index contributed by atoms with van der Waals surface area (Å²) in [5.41, 5.74) is 3.28. The Labute approximate surface area is 175 Å². The van der Waals surface area contributed by atoms with Crippen LogP contribution in [0.4, 0.5) is 0 Å². The van der Waals surface area contributed by atoms with Gasteiger partial charge in [-0.15, -0.1) is 11.3 Å². The van der Waals surface area contributed by atoms with E-state index in [1.807, 2.05) is 13.8 Å². The fraction of sp³-hybridized carbons (Fsp3) is 0.478. The summed E-state index contributed by atoms with van der Waals surface area (Å²) in [6.45, 7) is 5.98. The van der Waals surface area contributed by atoms with Gasteiger partial charge in [0.25, 0.3) is 0 Å². The Balaban J connectivity index is 1.46. The maximum atomic E-state index is 13.0. The molecule has 148 valence electrons. The van der Waals surface area contributed by atoms with Crippen molar-refractivity contribution < 1.29 is 9.59 Å². The largest absolute Gasteiger partial charge is 0.305 e. The van der Waals surface area contributed by atoms with Gasteiger partial charge in [-0.25, -0.2) is 0 Å². The predicted octanol–water partition coefficient (Wildman–Crippen LogP) is 5.33. The highest BCUT2D eigenvalue weighted by atomic mass is 35.5. The number of likely N-dealkylation sites (tertiary alicyclic amines) is 1. The van der Waals surface area contributed by atoms with Crippen molar-refractivity contribution in [2.75, 3.05) is 20.1 Å². The third-order valence-corrected chi connectivity index (χ3v) is 7.51. The van der Waals surface area contributed by atoms with Crippen molar-refractivity contribution in [2.45, 2.75) is 44.9 Å². The van der Waals surface area contributed by atoms with Crippen LogP contribution in [-0.4, -0.2) is 36.6 Å². The fourth-order valence-corrected chi connectivity index (χ4v) is 5.69. The lowest BCUT2D eigenvalue weighted by Gasteiger charge is -2.28. The van der Waals surface area contributed by atoms with Crippen LogP contribution in [0.15, 0.2) is 30.3 Å². The minimum absolute atomic E-state index is 0.0129. The average Bonchev–Trinajstić information content (AvgIpc) is 3.16. The molecule has 2 bridgehead atoms. The molecule has 2 atom stereocenters. The van der Waals surface area contributed by atoms with E-state index in [-0.39, 0.29) is 18.0 Å². The van der Waals surface area contributed by atoms with Gasteiger partial charge in [0.1, 0.15) is 5.78 Å². The number of halogens is 1. The second kappa shape index (κ2) is 7.40. The quantitative estimate of drug-likeness (QED) is 0.598. The van der Waals surface area contributed by atoms with Gasteiger partial charge in [0, 0.05) is 31.3 Å². The Morgan fingerprint density at radius 1 is 1.14 bits per heavy atom. The Morgan fingerprint density at radius 2 is 1.86 bits per heavy atom. The Bertz CT molecular complexity index is 930. The van der Waals surface area contributed by atoms with Crippen molar-refractivity contribution in [2.24, 2.45) is 5.41 Å². The maximum absolute atomic E-state index is 13.0. The molecule has 2 heterocycles. The summed E-state index contributed by atoms with van der Waals surface area (Å²) in [5, 5.41) is 0. The van der Waals surface area contributed by atoms with E-state index in [0.717, 1.165) is 18.7 Å². The molecule has 1 saturated heterocycles. The van der Waals surface area contributed by atoms with Crippen molar-refractivity contribution in [3.8, 4) is 0 Å². The van der Waals surface area contributed by atoms with E-state index in [9.17, 15) is 9.59 Å². The lowest BCUT2D eigenvalue weighted by molar-refractivity contribution is -0.126. The number of piperidine rings is 1. The number of benzene rings is 1. The van der Waals surface area contributed by atoms with E-state index in [1.54, 1.807) is 12.1 Å². The maximum Gasteiger partial charge on any atom is 0.173 e. The van der Waals surface area contributed by atoms with Crippen LogP contribution in [0.2, 0.25) is 4.34 Å². The third kappa shape index (κ3) is 3.83. The highest BCUT2D eigenvalue weighted by Gasteiger charge is 2.37. The van der Waals surface area contributed by atoms with Gasteiger partial charge in [-0.3, -0.25) is 9.59 Å². The third-order valence-electron chi connectivity index (χ3n) is 6.23. The van der Waals surface area contributed by atoms with Gasteiger partial charge in [0.2, 0.25) is 0 Å². The molecule has 3 nitrogen and oxygen atoms in total. The summed E-state index contributed by atoms with van der Waals surface area (Å²) in [6, 6.07) is 10.0. The number of ketones is 2. The van der Waals surface area contributed by atoms with Gasteiger partial charge in [-0.2, -0.15) is 0 Å². The first-order valence-corrected chi connectivity index (χ1v) is 11.1. The molecule has 1 aliphatic carbocycles. The van der Waals surface area contributed by atoms with Crippen molar-refractivity contribution in [1.82, 2.24) is 4.90 Å². The first kappa shape index (κ1) is 19.8. The van der Waals surface area contributed by atoms with E-state index in [1.165, 1.54) is 28.9 Å². The van der Waals surface area contributed by atoms with Crippen molar-refractivity contribution in [1.29, 1.82) is 0 Å². The van der Waals surface area contributed by atoms with Gasteiger partial charge in [0.15, 0.2) is 5.78 Å². The molecule has 1 aromatic carbocycles. The molecule has 0 spiro atoms. The van der Waals surface area contributed by atoms with Crippen LogP contribution in [0.5, 0.6) is 0 Å². The number of fused-ring (bicyclic) bond motifs is 5. The second-order valence-electron chi connectivity index (χ2n) is 9.00. The van der Waals surface area contributed by atoms with E-state index in [2.05, 4.69) is 30.1 Å². The van der Waals surface area contributed by atoms with E-state index < -0.39 is 5.41 Å². The highest BCUT2D eigenvalue weighted by molar-refractivity contribution is 7.18. The molecular formula is C23H26ClNO2S. The van der Waals surface area contributed by atoms with Crippen LogP contribution in [0, 0.1) is 5.41 Å². The number of thiophene rings is 1. The standard InChI is InChI=1S/C23H26ClNO2S/c1-23(2,11-19(26)20-6-7-22(24)28-20)21(27)9-14-4-5-17-15-10-16(18(17)8-14)13-25(3)12-15/h4-8,15-16H,9-13H2,1-3H3. The zero-order chi connectivity index (χ0) is 20.1. The second-order valence-corrected chi connectivity index (χ2v) is 10.7. The lowest BCUT2D eigenvalue weighted by Crippen LogP contribution is -2.31. The predicted molar refractivity (Wildman–Crippen MR) is 115 cm³/mol. The Hall–Kier alpha value is -1.49. The molecule has 4 rings (SSSR count).